The zero-order chi connectivity index (χ0) is 13.8. The van der Waals surface area contributed by atoms with E-state index in [1.165, 1.54) is 24.4 Å². The van der Waals surface area contributed by atoms with Crippen LogP contribution in [0.3, 0.4) is 0 Å². The van der Waals surface area contributed by atoms with Crippen LogP contribution in [0.1, 0.15) is 20.8 Å². The topological polar surface area (TPSA) is 92.2 Å². The fraction of sp³-hybridized carbons (Fsp3) is 0. The molecule has 0 aliphatic heterocycles. The smallest absolute Gasteiger partial charge is 0.337 e. The number of carboxylic acid groups (broad SMARTS) is 1. The first-order valence-corrected chi connectivity index (χ1v) is 5.18. The van der Waals surface area contributed by atoms with E-state index in [1.807, 2.05) is 0 Å². The number of aromatic carboxylic acids is 1. The normalized spacial score (nSPS) is 9.95. The van der Waals surface area contributed by atoms with Gasteiger partial charge in [-0.1, -0.05) is 6.07 Å². The molecule has 0 aromatic carbocycles. The average Bonchev–Trinajstić information content (AvgIpc) is 2.39. The number of amides is 1. The van der Waals surface area contributed by atoms with E-state index in [2.05, 4.69) is 15.3 Å². The molecule has 0 aliphatic carbocycles. The molecule has 96 valence electrons. The molecule has 2 aromatic rings. The van der Waals surface area contributed by atoms with Gasteiger partial charge >= 0.3 is 5.97 Å². The summed E-state index contributed by atoms with van der Waals surface area (Å²) in [6, 6.07) is 5.05. The van der Waals surface area contributed by atoms with E-state index in [0.29, 0.717) is 0 Å². The summed E-state index contributed by atoms with van der Waals surface area (Å²) in [4.78, 5) is 29.6. The third kappa shape index (κ3) is 3.09. The highest BCUT2D eigenvalue weighted by Crippen LogP contribution is 2.10. The van der Waals surface area contributed by atoms with Gasteiger partial charge in [-0.05, 0) is 18.2 Å². The number of carboxylic acids is 1. The molecule has 0 saturated heterocycles. The Morgan fingerprint density at radius 1 is 1.26 bits per heavy atom. The third-order valence-electron chi connectivity index (χ3n) is 2.19. The Hall–Kier alpha value is -2.83. The standard InChI is InChI=1S/C12H8FN3O3/c13-10-3-1-2-9(16-10)11(17)15-8-4-7(12(18)19)5-14-6-8/h1-6H,(H,15,17)(H,18,19). The van der Waals surface area contributed by atoms with Crippen LogP contribution in [0.5, 0.6) is 0 Å². The van der Waals surface area contributed by atoms with E-state index in [0.717, 1.165) is 12.3 Å². The molecule has 19 heavy (non-hydrogen) atoms. The predicted molar refractivity (Wildman–Crippen MR) is 63.3 cm³/mol. The summed E-state index contributed by atoms with van der Waals surface area (Å²) < 4.78 is 12.9. The summed E-state index contributed by atoms with van der Waals surface area (Å²) in [6.45, 7) is 0. The van der Waals surface area contributed by atoms with Crippen LogP contribution in [0.2, 0.25) is 0 Å². The molecule has 0 aliphatic rings. The molecule has 2 aromatic heterocycles. The predicted octanol–water partition coefficient (Wildman–Crippen LogP) is 1.57. The molecule has 0 unspecified atom stereocenters. The van der Waals surface area contributed by atoms with E-state index in [9.17, 15) is 14.0 Å². The van der Waals surface area contributed by atoms with Crippen molar-refractivity contribution in [1.29, 1.82) is 0 Å². The van der Waals surface area contributed by atoms with Crippen LogP contribution in [-0.2, 0) is 0 Å². The summed E-state index contributed by atoms with van der Waals surface area (Å²) in [5.41, 5.74) is 0.0155. The largest absolute Gasteiger partial charge is 0.478 e. The van der Waals surface area contributed by atoms with E-state index >= 15 is 0 Å². The number of halogens is 1. The lowest BCUT2D eigenvalue weighted by Crippen LogP contribution is -2.14. The molecular formula is C12H8FN3O3. The van der Waals surface area contributed by atoms with Gasteiger partial charge in [-0.25, -0.2) is 9.78 Å². The lowest BCUT2D eigenvalue weighted by molar-refractivity contribution is 0.0696. The second-order valence-electron chi connectivity index (χ2n) is 3.57. The minimum atomic E-state index is -1.16. The van der Waals surface area contributed by atoms with Crippen molar-refractivity contribution in [3.63, 3.8) is 0 Å². The Bertz CT molecular complexity index is 646. The zero-order valence-corrected chi connectivity index (χ0v) is 9.50. The van der Waals surface area contributed by atoms with Gasteiger partial charge in [0, 0.05) is 6.20 Å². The number of rotatable bonds is 3. The van der Waals surface area contributed by atoms with Crippen LogP contribution in [0, 0.1) is 5.95 Å². The van der Waals surface area contributed by atoms with Crippen LogP contribution < -0.4 is 5.32 Å². The summed E-state index contributed by atoms with van der Waals surface area (Å²) in [6.07, 6.45) is 2.43. The molecule has 1 amide bonds. The molecule has 0 saturated carbocycles. The lowest BCUT2D eigenvalue weighted by atomic mass is 10.2. The number of anilines is 1. The van der Waals surface area contributed by atoms with Gasteiger partial charge in [0.2, 0.25) is 5.95 Å². The number of hydrogen-bond acceptors (Lipinski definition) is 4. The fourth-order valence-electron chi connectivity index (χ4n) is 1.36. The van der Waals surface area contributed by atoms with E-state index < -0.39 is 17.8 Å². The quantitative estimate of drug-likeness (QED) is 0.818. The second-order valence-corrected chi connectivity index (χ2v) is 3.57. The van der Waals surface area contributed by atoms with Crippen LogP contribution >= 0.6 is 0 Å². The van der Waals surface area contributed by atoms with Gasteiger partial charge in [0.25, 0.3) is 5.91 Å². The molecule has 0 bridgehead atoms. The first kappa shape index (κ1) is 12.6. The first-order valence-electron chi connectivity index (χ1n) is 5.18. The number of nitrogens with zero attached hydrogens (tertiary/aromatic N) is 2. The Morgan fingerprint density at radius 3 is 2.74 bits per heavy atom. The monoisotopic (exact) mass is 261 g/mol. The SMILES string of the molecule is O=C(O)c1cncc(NC(=O)c2cccc(F)n2)c1. The fourth-order valence-corrected chi connectivity index (χ4v) is 1.36. The number of carbonyl (C=O) groups is 2. The van der Waals surface area contributed by atoms with Crippen molar-refractivity contribution >= 4 is 17.6 Å². The van der Waals surface area contributed by atoms with Gasteiger partial charge in [-0.2, -0.15) is 4.39 Å². The first-order chi connectivity index (χ1) is 9.06. The van der Waals surface area contributed by atoms with Crippen LogP contribution in [0.4, 0.5) is 10.1 Å². The molecule has 0 radical (unpaired) electrons. The van der Waals surface area contributed by atoms with Crippen molar-refractivity contribution in [1.82, 2.24) is 9.97 Å². The Morgan fingerprint density at radius 2 is 2.05 bits per heavy atom. The van der Waals surface area contributed by atoms with Crippen molar-refractivity contribution in [3.05, 3.63) is 53.9 Å². The summed E-state index contributed by atoms with van der Waals surface area (Å²) in [7, 11) is 0. The summed E-state index contributed by atoms with van der Waals surface area (Å²) in [5, 5.41) is 11.2. The number of aromatic nitrogens is 2. The van der Waals surface area contributed by atoms with E-state index in [1.54, 1.807) is 0 Å². The number of nitrogens with one attached hydrogen (secondary N) is 1. The number of hydrogen-bond donors (Lipinski definition) is 2. The molecular weight excluding hydrogens is 253 g/mol. The maximum absolute atomic E-state index is 12.9. The lowest BCUT2D eigenvalue weighted by Gasteiger charge is -2.04. The van der Waals surface area contributed by atoms with Gasteiger partial charge in [0.1, 0.15) is 5.69 Å². The average molecular weight is 261 g/mol. The van der Waals surface area contributed by atoms with Gasteiger partial charge in [-0.3, -0.25) is 9.78 Å². The molecule has 2 heterocycles. The summed E-state index contributed by atoms with van der Waals surface area (Å²) >= 11 is 0. The number of pyridine rings is 2. The summed E-state index contributed by atoms with van der Waals surface area (Å²) in [5.74, 6) is -2.58. The Kier molecular flexibility index (Phi) is 3.46. The molecule has 0 spiro atoms. The highest BCUT2D eigenvalue weighted by atomic mass is 19.1. The highest BCUT2D eigenvalue weighted by molar-refractivity contribution is 6.03. The second kappa shape index (κ2) is 5.21. The molecule has 6 nitrogen and oxygen atoms in total. The Balaban J connectivity index is 2.19. The molecule has 2 rings (SSSR count). The third-order valence-corrected chi connectivity index (χ3v) is 2.19. The minimum Gasteiger partial charge on any atom is -0.478 e. The van der Waals surface area contributed by atoms with Crippen molar-refractivity contribution in [2.24, 2.45) is 0 Å². The van der Waals surface area contributed by atoms with Crippen molar-refractivity contribution < 1.29 is 19.1 Å². The maximum atomic E-state index is 12.9. The Labute approximate surface area is 106 Å². The zero-order valence-electron chi connectivity index (χ0n) is 9.50. The highest BCUT2D eigenvalue weighted by Gasteiger charge is 2.10. The van der Waals surface area contributed by atoms with E-state index in [4.69, 9.17) is 5.11 Å². The molecule has 7 heteroatoms. The molecule has 0 atom stereocenters. The van der Waals surface area contributed by atoms with Gasteiger partial charge < -0.3 is 10.4 Å². The molecule has 2 N–H and O–H groups in total. The van der Waals surface area contributed by atoms with Gasteiger partial charge in [0.15, 0.2) is 0 Å². The van der Waals surface area contributed by atoms with Crippen LogP contribution in [0.15, 0.2) is 36.7 Å². The van der Waals surface area contributed by atoms with Crippen molar-refractivity contribution in [2.75, 3.05) is 5.32 Å². The van der Waals surface area contributed by atoms with E-state index in [-0.39, 0.29) is 16.9 Å². The van der Waals surface area contributed by atoms with Gasteiger partial charge in [0.05, 0.1) is 17.4 Å². The van der Waals surface area contributed by atoms with Crippen LogP contribution in [0.25, 0.3) is 0 Å². The van der Waals surface area contributed by atoms with Crippen molar-refractivity contribution in [3.8, 4) is 0 Å². The number of carbonyl (C=O) groups excluding carboxylic acids is 1. The molecule has 0 fully saturated rings. The van der Waals surface area contributed by atoms with Crippen molar-refractivity contribution in [2.45, 2.75) is 0 Å². The van der Waals surface area contributed by atoms with Crippen LogP contribution in [-0.4, -0.2) is 27.0 Å². The van der Waals surface area contributed by atoms with Gasteiger partial charge in [-0.15, -0.1) is 0 Å². The minimum absolute atomic E-state index is 0.0648. The maximum Gasteiger partial charge on any atom is 0.337 e.